The Balaban J connectivity index is -0.000000172. The molecular formula is C24H41O3Y-. The van der Waals surface area contributed by atoms with Crippen molar-refractivity contribution in [1.82, 2.24) is 0 Å². The maximum Gasteiger partial charge on any atom is 0.124 e. The van der Waals surface area contributed by atoms with Crippen LogP contribution in [-0.4, -0.2) is 26.4 Å². The summed E-state index contributed by atoms with van der Waals surface area (Å²) in [6.07, 6.45) is 0. The number of aryl methyl sites for hydroxylation is 5. The number of ether oxygens (including phenoxy) is 2. The van der Waals surface area contributed by atoms with Gasteiger partial charge in [0.1, 0.15) is 11.5 Å². The summed E-state index contributed by atoms with van der Waals surface area (Å²) < 4.78 is 10.5. The van der Waals surface area contributed by atoms with Gasteiger partial charge in [-0.2, -0.15) is 0 Å². The van der Waals surface area contributed by atoms with Gasteiger partial charge in [0.05, 0.1) is 14.2 Å². The van der Waals surface area contributed by atoms with Gasteiger partial charge in [0.15, 0.2) is 0 Å². The number of rotatable bonds is 2. The molecule has 0 heterocycles. The van der Waals surface area contributed by atoms with E-state index in [2.05, 4.69) is 66.7 Å². The van der Waals surface area contributed by atoms with Gasteiger partial charge in [-0.25, -0.2) is 0 Å². The van der Waals surface area contributed by atoms with Gasteiger partial charge in [-0.15, -0.1) is 0 Å². The number of methoxy groups -OCH3 is 2. The average Bonchev–Trinajstić information content (AvgIpc) is 2.55. The summed E-state index contributed by atoms with van der Waals surface area (Å²) in [5.74, 6) is 2.04. The molecule has 0 aliphatic carbocycles. The van der Waals surface area contributed by atoms with E-state index in [4.69, 9.17) is 14.6 Å². The molecule has 0 amide bonds. The first-order chi connectivity index (χ1) is 11.7. The predicted octanol–water partition coefficient (Wildman–Crippen LogP) is 6.24. The van der Waals surface area contributed by atoms with Crippen molar-refractivity contribution in [3.8, 4) is 11.5 Å². The Morgan fingerprint density at radius 3 is 1.32 bits per heavy atom. The third-order valence-corrected chi connectivity index (χ3v) is 4.30. The molecule has 0 aromatic heterocycles. The van der Waals surface area contributed by atoms with Gasteiger partial charge in [0, 0.05) is 39.8 Å². The molecule has 0 aliphatic rings. The van der Waals surface area contributed by atoms with Crippen LogP contribution in [0.3, 0.4) is 0 Å². The fourth-order valence-corrected chi connectivity index (χ4v) is 3.06. The van der Waals surface area contributed by atoms with Crippen LogP contribution in [0.25, 0.3) is 0 Å². The van der Waals surface area contributed by atoms with E-state index in [1.807, 2.05) is 0 Å². The number of aliphatic hydroxyl groups excluding tert-OH is 1. The van der Waals surface area contributed by atoms with Gasteiger partial charge in [-0.05, 0) is 81.8 Å². The monoisotopic (exact) mass is 466 g/mol. The van der Waals surface area contributed by atoms with Crippen molar-refractivity contribution in [2.24, 2.45) is 0 Å². The minimum atomic E-state index is 0. The van der Waals surface area contributed by atoms with E-state index in [1.165, 1.54) is 38.9 Å². The van der Waals surface area contributed by atoms with E-state index in [9.17, 15) is 0 Å². The zero-order valence-corrected chi connectivity index (χ0v) is 21.9. The zero-order valence-electron chi connectivity index (χ0n) is 19.1. The first-order valence-corrected chi connectivity index (χ1v) is 8.40. The van der Waals surface area contributed by atoms with Crippen molar-refractivity contribution < 1.29 is 47.3 Å². The van der Waals surface area contributed by atoms with E-state index < -0.39 is 0 Å². The fraction of sp³-hybridized carbons (Fsp3) is 0.458. The standard InChI is InChI=1S/C11H16O.C10H14O.CH4O.CH4.CH3.Y/c1-7-6-8(2)11(12-5)10(4)9(7)3;1-7-5-8(2)10(11-4)9(3)6-7;1-2;;;/h6H,1-5H3;5-6H,1-4H3;2H,1H3;1H4;1H3;/q;;;;-1;. The van der Waals surface area contributed by atoms with Gasteiger partial charge in [0.25, 0.3) is 0 Å². The third-order valence-electron chi connectivity index (χ3n) is 4.30. The molecule has 2 aromatic carbocycles. The second-order valence-corrected chi connectivity index (χ2v) is 6.23. The topological polar surface area (TPSA) is 38.7 Å². The molecule has 1 radical (unpaired) electrons. The van der Waals surface area contributed by atoms with E-state index >= 15 is 0 Å². The van der Waals surface area contributed by atoms with Crippen LogP contribution in [0.5, 0.6) is 11.5 Å². The Hall–Kier alpha value is -0.896. The molecule has 0 saturated heterocycles. The van der Waals surface area contributed by atoms with Crippen LogP contribution in [0.1, 0.15) is 46.4 Å². The molecule has 0 saturated carbocycles. The summed E-state index contributed by atoms with van der Waals surface area (Å²) in [4.78, 5) is 0. The Morgan fingerprint density at radius 2 is 0.964 bits per heavy atom. The van der Waals surface area contributed by atoms with Gasteiger partial charge < -0.3 is 22.0 Å². The molecule has 0 aliphatic heterocycles. The SMILES string of the molecule is C.CO.COc1c(C)cc(C)c(C)c1C.COc1c(C)cc(C)cc1C.[CH3-].[Y]. The number of aliphatic hydroxyl groups is 1. The summed E-state index contributed by atoms with van der Waals surface area (Å²) in [6.45, 7) is 14.7. The normalized spacial score (nSPS) is 8.39. The van der Waals surface area contributed by atoms with Crippen LogP contribution in [0, 0.1) is 55.9 Å². The van der Waals surface area contributed by atoms with Crippen LogP contribution >= 0.6 is 0 Å². The van der Waals surface area contributed by atoms with Gasteiger partial charge in [0.2, 0.25) is 0 Å². The van der Waals surface area contributed by atoms with Crippen LogP contribution in [0.2, 0.25) is 0 Å². The van der Waals surface area contributed by atoms with Gasteiger partial charge in [-0.3, -0.25) is 0 Å². The van der Waals surface area contributed by atoms with Crippen molar-refractivity contribution in [3.05, 3.63) is 64.6 Å². The maximum absolute atomic E-state index is 7.00. The minimum Gasteiger partial charge on any atom is -0.496 e. The Kier molecular flexibility index (Phi) is 21.0. The molecule has 0 atom stereocenters. The molecule has 159 valence electrons. The molecule has 2 aromatic rings. The fourth-order valence-electron chi connectivity index (χ4n) is 3.06. The van der Waals surface area contributed by atoms with Crippen molar-refractivity contribution in [2.45, 2.75) is 55.9 Å². The van der Waals surface area contributed by atoms with Crippen molar-refractivity contribution >= 4 is 0 Å². The molecule has 0 bridgehead atoms. The molecule has 0 unspecified atom stereocenters. The van der Waals surface area contributed by atoms with E-state index in [0.29, 0.717) is 0 Å². The second-order valence-electron chi connectivity index (χ2n) is 6.23. The first kappa shape index (κ1) is 34.6. The number of benzene rings is 2. The third kappa shape index (κ3) is 9.54. The van der Waals surface area contributed by atoms with E-state index in [-0.39, 0.29) is 47.6 Å². The van der Waals surface area contributed by atoms with Crippen LogP contribution in [-0.2, 0) is 32.7 Å². The average molecular weight is 466 g/mol. The Bertz CT molecular complexity index is 672. The molecule has 28 heavy (non-hydrogen) atoms. The second kappa shape index (κ2) is 17.0. The summed E-state index contributed by atoms with van der Waals surface area (Å²) in [6, 6.07) is 6.43. The largest absolute Gasteiger partial charge is 0.496 e. The zero-order chi connectivity index (χ0) is 19.7. The Labute approximate surface area is 199 Å². The summed E-state index contributed by atoms with van der Waals surface area (Å²) in [5, 5.41) is 7.00. The van der Waals surface area contributed by atoms with Crippen LogP contribution < -0.4 is 9.47 Å². The van der Waals surface area contributed by atoms with Gasteiger partial charge in [-0.1, -0.05) is 31.2 Å². The smallest absolute Gasteiger partial charge is 0.124 e. The molecule has 0 fully saturated rings. The van der Waals surface area contributed by atoms with Crippen molar-refractivity contribution in [3.63, 3.8) is 0 Å². The summed E-state index contributed by atoms with van der Waals surface area (Å²) in [7, 11) is 4.44. The number of hydrogen-bond donors (Lipinski definition) is 1. The van der Waals surface area contributed by atoms with Crippen molar-refractivity contribution in [1.29, 1.82) is 0 Å². The summed E-state index contributed by atoms with van der Waals surface area (Å²) in [5.41, 5.74) is 8.87. The molecular weight excluding hydrogens is 425 g/mol. The quantitative estimate of drug-likeness (QED) is 0.533. The van der Waals surface area contributed by atoms with E-state index in [0.717, 1.165) is 18.6 Å². The maximum atomic E-state index is 7.00. The summed E-state index contributed by atoms with van der Waals surface area (Å²) >= 11 is 0. The Morgan fingerprint density at radius 1 is 0.607 bits per heavy atom. The molecule has 2 rings (SSSR count). The van der Waals surface area contributed by atoms with E-state index in [1.54, 1.807) is 14.2 Å². The first-order valence-electron chi connectivity index (χ1n) is 8.40. The number of hydrogen-bond acceptors (Lipinski definition) is 3. The van der Waals surface area contributed by atoms with Crippen LogP contribution in [0.4, 0.5) is 0 Å². The van der Waals surface area contributed by atoms with Crippen molar-refractivity contribution in [2.75, 3.05) is 21.3 Å². The predicted molar refractivity (Wildman–Crippen MR) is 120 cm³/mol. The molecule has 0 spiro atoms. The van der Waals surface area contributed by atoms with Gasteiger partial charge >= 0.3 is 0 Å². The minimum absolute atomic E-state index is 0. The molecule has 3 nitrogen and oxygen atoms in total. The van der Waals surface area contributed by atoms with Crippen LogP contribution in [0.15, 0.2) is 18.2 Å². The molecule has 1 N–H and O–H groups in total. The molecule has 4 heteroatoms.